The Kier molecular flexibility index (Phi) is 2.47. The lowest BCUT2D eigenvalue weighted by atomic mass is 9.36. The summed E-state index contributed by atoms with van der Waals surface area (Å²) in [4.78, 5) is 24.3. The molecule has 1 aromatic carbocycles. The van der Waals surface area contributed by atoms with Gasteiger partial charge in [-0.3, -0.25) is 9.36 Å². The van der Waals surface area contributed by atoms with Crippen molar-refractivity contribution in [2.75, 3.05) is 0 Å². The van der Waals surface area contributed by atoms with Gasteiger partial charge in [-0.05, 0) is 24.8 Å². The van der Waals surface area contributed by atoms with Crippen molar-refractivity contribution in [3.63, 3.8) is 0 Å². The number of hydrogen-bond donors (Lipinski definition) is 1. The van der Waals surface area contributed by atoms with Crippen molar-refractivity contribution in [3.8, 4) is 0 Å². The summed E-state index contributed by atoms with van der Waals surface area (Å²) < 4.78 is 31.6. The van der Waals surface area contributed by atoms with Crippen LogP contribution in [0, 0.1) is 5.41 Å². The molecule has 3 fully saturated rings. The van der Waals surface area contributed by atoms with Gasteiger partial charge in [0.15, 0.2) is 0 Å². The topological polar surface area (TPSA) is 82.9 Å². The predicted molar refractivity (Wildman–Crippen MR) is 83.2 cm³/mol. The van der Waals surface area contributed by atoms with Crippen LogP contribution in [0.3, 0.4) is 0 Å². The van der Waals surface area contributed by atoms with Crippen molar-refractivity contribution in [2.45, 2.75) is 43.2 Å². The average molecular weight is 346 g/mol. The number of hydrogen-bond acceptors (Lipinski definition) is 3. The van der Waals surface area contributed by atoms with Crippen LogP contribution in [0.25, 0.3) is 0 Å². The minimum absolute atomic E-state index is 0.116. The molecule has 0 unspecified atom stereocenters. The van der Waals surface area contributed by atoms with Crippen LogP contribution >= 0.6 is 0 Å². The van der Waals surface area contributed by atoms with Gasteiger partial charge in [-0.1, -0.05) is 30.3 Å². The number of aryl methyl sites for hydroxylation is 1. The maximum atomic E-state index is 14.6. The Morgan fingerprint density at radius 1 is 1.24 bits per heavy atom. The first-order valence-electron chi connectivity index (χ1n) is 8.28. The van der Waals surface area contributed by atoms with Gasteiger partial charge in [0.2, 0.25) is 5.91 Å². The predicted octanol–water partition coefficient (Wildman–Crippen LogP) is 1.19. The van der Waals surface area contributed by atoms with Crippen LogP contribution in [0.1, 0.15) is 36.7 Å². The Labute approximate surface area is 141 Å². The minimum atomic E-state index is -3.33. The van der Waals surface area contributed by atoms with E-state index in [9.17, 15) is 18.4 Å². The largest absolute Gasteiger partial charge is 0.369 e. The highest BCUT2D eigenvalue weighted by Crippen LogP contribution is 2.79. The van der Waals surface area contributed by atoms with Gasteiger partial charge in [-0.2, -0.15) is 5.10 Å². The number of nitrogens with two attached hydrogens (primary N) is 1. The van der Waals surface area contributed by atoms with E-state index < -0.39 is 28.5 Å². The minimum Gasteiger partial charge on any atom is -0.369 e. The number of alkyl halides is 2. The van der Waals surface area contributed by atoms with E-state index in [4.69, 9.17) is 5.73 Å². The Hall–Kier alpha value is -2.51. The Bertz CT molecular complexity index is 957. The molecule has 25 heavy (non-hydrogen) atoms. The van der Waals surface area contributed by atoms with Gasteiger partial charge in [-0.15, -0.1) is 0 Å². The van der Waals surface area contributed by atoms with Crippen molar-refractivity contribution < 1.29 is 13.6 Å². The van der Waals surface area contributed by atoms with Gasteiger partial charge in [0.1, 0.15) is 16.8 Å². The van der Waals surface area contributed by atoms with Gasteiger partial charge in [-0.25, -0.2) is 18.3 Å². The number of carbonyl (C=O) groups excluding carboxylic acids is 1. The van der Waals surface area contributed by atoms with Gasteiger partial charge < -0.3 is 5.73 Å². The number of nitrogens with zero attached hydrogens (tertiary/aromatic N) is 3. The van der Waals surface area contributed by atoms with E-state index in [-0.39, 0.29) is 18.9 Å². The van der Waals surface area contributed by atoms with Gasteiger partial charge >= 0.3 is 5.69 Å². The maximum Gasteiger partial charge on any atom is 0.347 e. The smallest absolute Gasteiger partial charge is 0.347 e. The second kappa shape index (κ2) is 4.17. The molecule has 3 aliphatic carbocycles. The number of rotatable bonds is 3. The summed E-state index contributed by atoms with van der Waals surface area (Å²) in [5.41, 5.74) is 2.09. The molecular formula is C17H16F2N4O2. The summed E-state index contributed by atoms with van der Waals surface area (Å²) in [5, 5.41) is 4.22. The van der Waals surface area contributed by atoms with E-state index in [1.807, 2.05) is 30.3 Å². The summed E-state index contributed by atoms with van der Waals surface area (Å²) in [7, 11) is 0. The molecule has 2 N–H and O–H groups in total. The first kappa shape index (κ1) is 14.8. The summed E-state index contributed by atoms with van der Waals surface area (Å²) in [6.07, 6.45) is 1.05. The van der Waals surface area contributed by atoms with Crippen LogP contribution in [-0.2, 0) is 16.8 Å². The molecule has 6 rings (SSSR count). The van der Waals surface area contributed by atoms with Crippen molar-refractivity contribution in [1.82, 2.24) is 14.3 Å². The molecule has 0 saturated heterocycles. The molecule has 4 aliphatic rings. The Balaban J connectivity index is 1.58. The van der Waals surface area contributed by atoms with E-state index in [1.54, 1.807) is 0 Å². The van der Waals surface area contributed by atoms with Crippen molar-refractivity contribution in [3.05, 3.63) is 52.2 Å². The first-order valence-corrected chi connectivity index (χ1v) is 8.28. The second-order valence-electron chi connectivity index (χ2n) is 7.35. The fourth-order valence-corrected chi connectivity index (χ4v) is 4.80. The Morgan fingerprint density at radius 3 is 2.52 bits per heavy atom. The van der Waals surface area contributed by atoms with E-state index >= 15 is 0 Å². The van der Waals surface area contributed by atoms with Crippen LogP contribution in [-0.4, -0.2) is 26.2 Å². The highest BCUT2D eigenvalue weighted by molar-refractivity contribution is 5.87. The first-order chi connectivity index (χ1) is 11.8. The van der Waals surface area contributed by atoms with Crippen LogP contribution in [0.4, 0.5) is 8.78 Å². The SMILES string of the molecule is NC(=O)C12CC(n3nc4n(c3=O)[C@H](c3ccccc3)CC4)(C1)C2(F)F. The second-order valence-corrected chi connectivity index (χ2v) is 7.35. The molecule has 0 spiro atoms. The molecule has 1 aromatic heterocycles. The summed E-state index contributed by atoms with van der Waals surface area (Å²) >= 11 is 0. The molecule has 8 heteroatoms. The zero-order valence-electron chi connectivity index (χ0n) is 13.3. The fraction of sp³-hybridized carbons (Fsp3) is 0.471. The monoisotopic (exact) mass is 346 g/mol. The lowest BCUT2D eigenvalue weighted by Gasteiger charge is -2.72. The molecule has 2 bridgehead atoms. The summed E-state index contributed by atoms with van der Waals surface area (Å²) in [5.74, 6) is -3.80. The number of amides is 1. The van der Waals surface area contributed by atoms with Gasteiger partial charge in [0.25, 0.3) is 5.92 Å². The van der Waals surface area contributed by atoms with E-state index in [0.29, 0.717) is 12.2 Å². The van der Waals surface area contributed by atoms with Crippen molar-refractivity contribution in [1.29, 1.82) is 0 Å². The molecule has 1 aliphatic heterocycles. The number of aromatic nitrogens is 3. The number of halogens is 2. The maximum absolute atomic E-state index is 14.6. The molecule has 1 amide bonds. The van der Waals surface area contributed by atoms with Crippen LogP contribution in [0.5, 0.6) is 0 Å². The molecule has 1 atom stereocenters. The van der Waals surface area contributed by atoms with Crippen LogP contribution in [0.2, 0.25) is 0 Å². The summed E-state index contributed by atoms with van der Waals surface area (Å²) in [6.45, 7) is 0. The van der Waals surface area contributed by atoms with Crippen molar-refractivity contribution in [2.24, 2.45) is 11.1 Å². The lowest BCUT2D eigenvalue weighted by molar-refractivity contribution is -0.381. The van der Waals surface area contributed by atoms with E-state index in [0.717, 1.165) is 16.7 Å². The number of benzene rings is 1. The third-order valence-corrected chi connectivity index (χ3v) is 6.27. The molecule has 0 radical (unpaired) electrons. The molecule has 2 aromatic rings. The van der Waals surface area contributed by atoms with Gasteiger partial charge in [0.05, 0.1) is 6.04 Å². The molecular weight excluding hydrogens is 330 g/mol. The highest BCUT2D eigenvalue weighted by Gasteiger charge is 2.93. The molecule has 6 nitrogen and oxygen atoms in total. The quantitative estimate of drug-likeness (QED) is 0.906. The summed E-state index contributed by atoms with van der Waals surface area (Å²) in [6, 6.07) is 9.30. The molecule has 130 valence electrons. The van der Waals surface area contributed by atoms with Gasteiger partial charge in [0, 0.05) is 6.42 Å². The molecule has 3 saturated carbocycles. The number of carbonyl (C=O) groups is 1. The fourth-order valence-electron chi connectivity index (χ4n) is 4.80. The lowest BCUT2D eigenvalue weighted by Crippen LogP contribution is -2.87. The highest BCUT2D eigenvalue weighted by atomic mass is 19.3. The molecule has 2 heterocycles. The normalized spacial score (nSPS) is 34.1. The standard InChI is InChI=1S/C17H16F2N4O2/c18-17(19)15(13(20)24)8-16(17,9-15)23-14(25)22-11(6-7-12(22)21-23)10-4-2-1-3-5-10/h1-5,11H,6-9H2,(H2,20,24)/t11-,15?,16?/m0/s1. The number of fused-ring (bicyclic) bond motifs is 1. The van der Waals surface area contributed by atoms with E-state index in [1.165, 1.54) is 4.57 Å². The Morgan fingerprint density at radius 2 is 1.92 bits per heavy atom. The van der Waals surface area contributed by atoms with Crippen molar-refractivity contribution >= 4 is 5.91 Å². The van der Waals surface area contributed by atoms with E-state index in [2.05, 4.69) is 5.10 Å². The third kappa shape index (κ3) is 1.40. The zero-order valence-corrected chi connectivity index (χ0v) is 13.3. The number of primary amides is 1. The third-order valence-electron chi connectivity index (χ3n) is 6.27. The zero-order chi connectivity index (χ0) is 17.6. The van der Waals surface area contributed by atoms with Crippen LogP contribution < -0.4 is 11.4 Å². The average Bonchev–Trinajstić information content (AvgIpc) is 3.08. The van der Waals surface area contributed by atoms with Crippen LogP contribution in [0.15, 0.2) is 35.1 Å².